The minimum Gasteiger partial charge on any atom is -0.497 e. The molecule has 16 heavy (non-hydrogen) atoms. The molecule has 0 spiro atoms. The summed E-state index contributed by atoms with van der Waals surface area (Å²) >= 11 is 0. The lowest BCUT2D eigenvalue weighted by atomic mass is 10.1. The van der Waals surface area contributed by atoms with E-state index in [2.05, 4.69) is 0 Å². The first-order valence-corrected chi connectivity index (χ1v) is 4.99. The van der Waals surface area contributed by atoms with Gasteiger partial charge in [-0.2, -0.15) is 0 Å². The topological polar surface area (TPSA) is 27.7 Å². The molecule has 84 valence electrons. The van der Waals surface area contributed by atoms with Crippen LogP contribution in [0.5, 0.6) is 17.2 Å². The summed E-state index contributed by atoms with van der Waals surface area (Å²) < 4.78 is 15.8. The average molecular weight is 218 g/mol. The predicted molar refractivity (Wildman–Crippen MR) is 63.6 cm³/mol. The fourth-order valence-electron chi connectivity index (χ4n) is 1.76. The van der Waals surface area contributed by atoms with Gasteiger partial charge in [-0.3, -0.25) is 0 Å². The van der Waals surface area contributed by atoms with Crippen LogP contribution in [0.25, 0.3) is 10.8 Å². The lowest BCUT2D eigenvalue weighted by Crippen LogP contribution is -1.90. The highest BCUT2D eigenvalue weighted by molar-refractivity contribution is 5.94. The van der Waals surface area contributed by atoms with Crippen LogP contribution in [0.3, 0.4) is 0 Å². The Hall–Kier alpha value is -1.90. The number of methoxy groups -OCH3 is 3. The third-order valence-corrected chi connectivity index (χ3v) is 2.58. The maximum absolute atomic E-state index is 5.32. The Kier molecular flexibility index (Phi) is 2.86. The minimum atomic E-state index is 0.805. The van der Waals surface area contributed by atoms with Crippen molar-refractivity contribution in [1.82, 2.24) is 0 Å². The molecular formula is C13H14O3. The summed E-state index contributed by atoms with van der Waals surface area (Å²) in [7, 11) is 4.96. The van der Waals surface area contributed by atoms with Gasteiger partial charge in [0, 0.05) is 10.8 Å². The summed E-state index contributed by atoms with van der Waals surface area (Å²) in [6.07, 6.45) is 0. The molecule has 0 saturated heterocycles. The Labute approximate surface area is 94.5 Å². The van der Waals surface area contributed by atoms with E-state index in [0.29, 0.717) is 0 Å². The Balaban J connectivity index is 2.74. The molecule has 2 aromatic carbocycles. The number of hydrogen-bond donors (Lipinski definition) is 0. The molecule has 0 aliphatic carbocycles. The minimum absolute atomic E-state index is 0.805. The fourth-order valence-corrected chi connectivity index (χ4v) is 1.76. The van der Waals surface area contributed by atoms with Gasteiger partial charge in [0.05, 0.1) is 21.3 Å². The van der Waals surface area contributed by atoms with Crippen molar-refractivity contribution in [3.63, 3.8) is 0 Å². The molecule has 0 bridgehead atoms. The van der Waals surface area contributed by atoms with Crippen molar-refractivity contribution in [2.24, 2.45) is 0 Å². The van der Waals surface area contributed by atoms with Gasteiger partial charge < -0.3 is 14.2 Å². The Morgan fingerprint density at radius 3 is 1.88 bits per heavy atom. The number of benzene rings is 2. The normalized spacial score (nSPS) is 10.2. The molecule has 0 aromatic heterocycles. The van der Waals surface area contributed by atoms with Crippen molar-refractivity contribution in [2.45, 2.75) is 0 Å². The van der Waals surface area contributed by atoms with Crippen LogP contribution in [0, 0.1) is 0 Å². The fraction of sp³-hybridized carbons (Fsp3) is 0.231. The van der Waals surface area contributed by atoms with Crippen molar-refractivity contribution >= 4 is 10.8 Å². The standard InChI is InChI=1S/C13H14O3/c1-14-9-4-5-10-11(8-9)13(16-3)7-6-12(10)15-2/h4-8H,1-3H3. The van der Waals surface area contributed by atoms with Crippen molar-refractivity contribution in [3.8, 4) is 17.2 Å². The van der Waals surface area contributed by atoms with E-state index in [1.54, 1.807) is 21.3 Å². The maximum Gasteiger partial charge on any atom is 0.127 e. The zero-order valence-corrected chi connectivity index (χ0v) is 9.61. The molecule has 0 aliphatic rings. The molecule has 0 heterocycles. The molecule has 0 radical (unpaired) electrons. The van der Waals surface area contributed by atoms with Gasteiger partial charge in [-0.15, -0.1) is 0 Å². The summed E-state index contributed by atoms with van der Waals surface area (Å²) in [5.74, 6) is 2.45. The smallest absolute Gasteiger partial charge is 0.127 e. The molecule has 0 saturated carbocycles. The van der Waals surface area contributed by atoms with E-state index in [4.69, 9.17) is 14.2 Å². The number of rotatable bonds is 3. The average Bonchev–Trinajstić information content (AvgIpc) is 2.36. The van der Waals surface area contributed by atoms with Crippen molar-refractivity contribution in [1.29, 1.82) is 0 Å². The van der Waals surface area contributed by atoms with Crippen LogP contribution in [-0.2, 0) is 0 Å². The van der Waals surface area contributed by atoms with Crippen LogP contribution in [0.2, 0.25) is 0 Å². The Morgan fingerprint density at radius 2 is 1.31 bits per heavy atom. The quantitative estimate of drug-likeness (QED) is 0.792. The van der Waals surface area contributed by atoms with Crippen molar-refractivity contribution in [3.05, 3.63) is 30.3 Å². The summed E-state index contributed by atoms with van der Waals surface area (Å²) in [4.78, 5) is 0. The summed E-state index contributed by atoms with van der Waals surface area (Å²) in [6, 6.07) is 9.60. The van der Waals surface area contributed by atoms with Crippen molar-refractivity contribution in [2.75, 3.05) is 21.3 Å². The van der Waals surface area contributed by atoms with E-state index < -0.39 is 0 Å². The number of hydrogen-bond acceptors (Lipinski definition) is 3. The maximum atomic E-state index is 5.32. The molecule has 0 amide bonds. The van der Waals surface area contributed by atoms with Crippen LogP contribution in [0.15, 0.2) is 30.3 Å². The summed E-state index contributed by atoms with van der Waals surface area (Å²) in [6.45, 7) is 0. The van der Waals surface area contributed by atoms with E-state index in [9.17, 15) is 0 Å². The van der Waals surface area contributed by atoms with Gasteiger partial charge in [0.1, 0.15) is 17.2 Å². The third-order valence-electron chi connectivity index (χ3n) is 2.58. The predicted octanol–water partition coefficient (Wildman–Crippen LogP) is 2.87. The second-order valence-corrected chi connectivity index (χ2v) is 3.38. The van der Waals surface area contributed by atoms with E-state index in [1.165, 1.54) is 0 Å². The van der Waals surface area contributed by atoms with Crippen LogP contribution in [0.1, 0.15) is 0 Å². The molecule has 2 rings (SSSR count). The van der Waals surface area contributed by atoms with Gasteiger partial charge in [0.15, 0.2) is 0 Å². The third kappa shape index (κ3) is 1.65. The monoisotopic (exact) mass is 218 g/mol. The highest BCUT2D eigenvalue weighted by Crippen LogP contribution is 2.35. The van der Waals surface area contributed by atoms with Crippen LogP contribution >= 0.6 is 0 Å². The second-order valence-electron chi connectivity index (χ2n) is 3.38. The zero-order valence-electron chi connectivity index (χ0n) is 9.61. The van der Waals surface area contributed by atoms with Crippen molar-refractivity contribution < 1.29 is 14.2 Å². The van der Waals surface area contributed by atoms with Gasteiger partial charge in [0.2, 0.25) is 0 Å². The van der Waals surface area contributed by atoms with Crippen LogP contribution in [-0.4, -0.2) is 21.3 Å². The first-order chi connectivity index (χ1) is 7.80. The largest absolute Gasteiger partial charge is 0.497 e. The van der Waals surface area contributed by atoms with E-state index in [1.807, 2.05) is 30.3 Å². The molecule has 0 fully saturated rings. The molecule has 0 N–H and O–H groups in total. The molecule has 0 atom stereocenters. The van der Waals surface area contributed by atoms with E-state index in [0.717, 1.165) is 28.0 Å². The lowest BCUT2D eigenvalue weighted by Gasteiger charge is -2.10. The second kappa shape index (κ2) is 4.31. The molecule has 3 heteroatoms. The molecule has 3 nitrogen and oxygen atoms in total. The van der Waals surface area contributed by atoms with Crippen LogP contribution in [0.4, 0.5) is 0 Å². The van der Waals surface area contributed by atoms with E-state index in [-0.39, 0.29) is 0 Å². The van der Waals surface area contributed by atoms with E-state index >= 15 is 0 Å². The van der Waals surface area contributed by atoms with Gasteiger partial charge in [-0.05, 0) is 30.3 Å². The summed E-state index contributed by atoms with van der Waals surface area (Å²) in [5.41, 5.74) is 0. The molecule has 0 aliphatic heterocycles. The number of ether oxygens (including phenoxy) is 3. The number of fused-ring (bicyclic) bond motifs is 1. The first-order valence-electron chi connectivity index (χ1n) is 4.99. The Morgan fingerprint density at radius 1 is 0.688 bits per heavy atom. The Bertz CT molecular complexity index is 506. The van der Waals surface area contributed by atoms with Gasteiger partial charge >= 0.3 is 0 Å². The van der Waals surface area contributed by atoms with Crippen LogP contribution < -0.4 is 14.2 Å². The van der Waals surface area contributed by atoms with Gasteiger partial charge in [-0.1, -0.05) is 0 Å². The summed E-state index contributed by atoms with van der Waals surface area (Å²) in [5, 5.41) is 2.00. The molecule has 0 unspecified atom stereocenters. The molecular weight excluding hydrogens is 204 g/mol. The van der Waals surface area contributed by atoms with Gasteiger partial charge in [-0.25, -0.2) is 0 Å². The van der Waals surface area contributed by atoms with Gasteiger partial charge in [0.25, 0.3) is 0 Å². The highest BCUT2D eigenvalue weighted by atomic mass is 16.5. The highest BCUT2D eigenvalue weighted by Gasteiger charge is 2.07. The first kappa shape index (κ1) is 10.6. The zero-order chi connectivity index (χ0) is 11.5. The SMILES string of the molecule is COc1ccc2c(OC)ccc(OC)c2c1. The lowest BCUT2D eigenvalue weighted by molar-refractivity contribution is 0.407. The molecule has 2 aromatic rings.